The first kappa shape index (κ1) is 17.2. The van der Waals surface area contributed by atoms with E-state index < -0.39 is 17.4 Å². The number of nitrogens with zero attached hydrogens (tertiary/aromatic N) is 1. The molecule has 7 nitrogen and oxygen atoms in total. The monoisotopic (exact) mass is 352 g/mol. The summed E-state index contributed by atoms with van der Waals surface area (Å²) in [7, 11) is 1.53. The molecule has 3 aromatic rings. The third-order valence-electron chi connectivity index (χ3n) is 4.16. The van der Waals surface area contributed by atoms with Gasteiger partial charge in [0.15, 0.2) is 0 Å². The summed E-state index contributed by atoms with van der Waals surface area (Å²) in [5, 5.41) is 22.2. The largest absolute Gasteiger partial charge is 0.506 e. The number of carbonyl (C=O) groups excluding carboxylic acids is 1. The van der Waals surface area contributed by atoms with Crippen LogP contribution in [0, 0.1) is 0 Å². The smallest absolute Gasteiger partial charge is 0.335 e. The SMILES string of the molecule is Cn1c(=O)c(C(=O)NCc2ccc(C(=O)O)cc2)c(O)c2ccccc21. The van der Waals surface area contributed by atoms with Crippen molar-refractivity contribution in [2.45, 2.75) is 6.54 Å². The average molecular weight is 352 g/mol. The van der Waals surface area contributed by atoms with Crippen LogP contribution in [0.2, 0.25) is 0 Å². The van der Waals surface area contributed by atoms with E-state index in [4.69, 9.17) is 5.11 Å². The first-order valence-corrected chi connectivity index (χ1v) is 7.81. The van der Waals surface area contributed by atoms with Gasteiger partial charge in [0.2, 0.25) is 0 Å². The quantitative estimate of drug-likeness (QED) is 0.664. The summed E-state index contributed by atoms with van der Waals surface area (Å²) in [4.78, 5) is 35.7. The molecule has 0 aliphatic rings. The molecule has 0 saturated heterocycles. The standard InChI is InChI=1S/C19H16N2O5/c1-21-14-5-3-2-4-13(14)16(22)15(18(21)24)17(23)20-10-11-6-8-12(9-7-11)19(25)26/h2-9,22H,10H2,1H3,(H,20,23)(H,25,26). The van der Waals surface area contributed by atoms with E-state index in [1.54, 1.807) is 36.4 Å². The van der Waals surface area contributed by atoms with E-state index in [9.17, 15) is 19.5 Å². The number of hydrogen-bond donors (Lipinski definition) is 3. The van der Waals surface area contributed by atoms with E-state index in [1.165, 1.54) is 23.7 Å². The van der Waals surface area contributed by atoms with Crippen LogP contribution < -0.4 is 10.9 Å². The summed E-state index contributed by atoms with van der Waals surface area (Å²) in [5.41, 5.74) is 0.408. The maximum absolute atomic E-state index is 12.5. The lowest BCUT2D eigenvalue weighted by Gasteiger charge is -2.12. The lowest BCUT2D eigenvalue weighted by Crippen LogP contribution is -2.32. The molecule has 0 aliphatic carbocycles. The molecule has 0 radical (unpaired) electrons. The van der Waals surface area contributed by atoms with Crippen molar-refractivity contribution < 1.29 is 19.8 Å². The molecule has 26 heavy (non-hydrogen) atoms. The maximum atomic E-state index is 12.5. The molecule has 0 fully saturated rings. The fourth-order valence-corrected chi connectivity index (χ4v) is 2.72. The van der Waals surface area contributed by atoms with Crippen molar-refractivity contribution in [3.05, 3.63) is 75.6 Å². The summed E-state index contributed by atoms with van der Waals surface area (Å²) in [6.45, 7) is 0.0914. The minimum absolute atomic E-state index is 0.0914. The molecule has 0 spiro atoms. The fourth-order valence-electron chi connectivity index (χ4n) is 2.72. The number of para-hydroxylation sites is 1. The van der Waals surface area contributed by atoms with E-state index in [0.29, 0.717) is 16.5 Å². The average Bonchev–Trinajstić information content (AvgIpc) is 2.65. The van der Waals surface area contributed by atoms with Crippen LogP contribution in [-0.4, -0.2) is 26.7 Å². The van der Waals surface area contributed by atoms with Gasteiger partial charge in [-0.1, -0.05) is 24.3 Å². The van der Waals surface area contributed by atoms with Crippen LogP contribution in [0.15, 0.2) is 53.3 Å². The number of carboxylic acid groups (broad SMARTS) is 1. The molecule has 0 unspecified atom stereocenters. The normalized spacial score (nSPS) is 10.7. The number of aromatic hydroxyl groups is 1. The Morgan fingerprint density at radius 2 is 1.73 bits per heavy atom. The molecular weight excluding hydrogens is 336 g/mol. The second kappa shape index (κ2) is 6.72. The zero-order chi connectivity index (χ0) is 18.8. The Balaban J connectivity index is 1.88. The summed E-state index contributed by atoms with van der Waals surface area (Å²) < 4.78 is 1.31. The number of aromatic carboxylic acids is 1. The molecule has 3 rings (SSSR count). The molecule has 2 aromatic carbocycles. The zero-order valence-corrected chi connectivity index (χ0v) is 13.9. The Labute approximate surface area is 148 Å². The van der Waals surface area contributed by atoms with Crippen LogP contribution in [0.3, 0.4) is 0 Å². The molecule has 0 aliphatic heterocycles. The molecule has 132 valence electrons. The Bertz CT molecular complexity index is 1070. The summed E-state index contributed by atoms with van der Waals surface area (Å²) >= 11 is 0. The van der Waals surface area contributed by atoms with Crippen molar-refractivity contribution >= 4 is 22.8 Å². The molecule has 0 atom stereocenters. The lowest BCUT2D eigenvalue weighted by molar-refractivity contribution is 0.0696. The van der Waals surface area contributed by atoms with Crippen LogP contribution in [0.5, 0.6) is 5.75 Å². The third kappa shape index (κ3) is 3.02. The van der Waals surface area contributed by atoms with Crippen molar-refractivity contribution in [1.82, 2.24) is 9.88 Å². The van der Waals surface area contributed by atoms with E-state index in [-0.39, 0.29) is 23.4 Å². The topological polar surface area (TPSA) is 109 Å². The van der Waals surface area contributed by atoms with Gasteiger partial charge in [-0.2, -0.15) is 0 Å². The number of aryl methyl sites for hydroxylation is 1. The van der Waals surface area contributed by atoms with Gasteiger partial charge in [0.1, 0.15) is 11.3 Å². The Kier molecular flexibility index (Phi) is 4.45. The molecule has 1 amide bonds. The second-order valence-corrected chi connectivity index (χ2v) is 5.79. The highest BCUT2D eigenvalue weighted by atomic mass is 16.4. The van der Waals surface area contributed by atoms with Crippen molar-refractivity contribution in [1.29, 1.82) is 0 Å². The van der Waals surface area contributed by atoms with Crippen LogP contribution in [-0.2, 0) is 13.6 Å². The van der Waals surface area contributed by atoms with Crippen molar-refractivity contribution in [3.8, 4) is 5.75 Å². The summed E-state index contributed by atoms with van der Waals surface area (Å²) in [5.74, 6) is -2.09. The molecule has 1 aromatic heterocycles. The number of hydrogen-bond acceptors (Lipinski definition) is 4. The number of rotatable bonds is 4. The highest BCUT2D eigenvalue weighted by Gasteiger charge is 2.20. The number of pyridine rings is 1. The van der Waals surface area contributed by atoms with Crippen molar-refractivity contribution in [3.63, 3.8) is 0 Å². The minimum Gasteiger partial charge on any atom is -0.506 e. The second-order valence-electron chi connectivity index (χ2n) is 5.79. The predicted octanol–water partition coefficient (Wildman–Crippen LogP) is 1.87. The number of aromatic nitrogens is 1. The molecule has 3 N–H and O–H groups in total. The summed E-state index contributed by atoms with van der Waals surface area (Å²) in [6.07, 6.45) is 0. The van der Waals surface area contributed by atoms with Gasteiger partial charge < -0.3 is 20.1 Å². The van der Waals surface area contributed by atoms with E-state index in [0.717, 1.165) is 0 Å². The van der Waals surface area contributed by atoms with Gasteiger partial charge in [0.25, 0.3) is 11.5 Å². The molecule has 7 heteroatoms. The lowest BCUT2D eigenvalue weighted by atomic mass is 10.1. The van der Waals surface area contributed by atoms with Gasteiger partial charge in [-0.05, 0) is 29.8 Å². The fraction of sp³-hybridized carbons (Fsp3) is 0.105. The Hall–Kier alpha value is -3.61. The van der Waals surface area contributed by atoms with E-state index >= 15 is 0 Å². The molecule has 0 saturated carbocycles. The number of carboxylic acids is 1. The van der Waals surface area contributed by atoms with Gasteiger partial charge in [-0.15, -0.1) is 0 Å². The van der Waals surface area contributed by atoms with E-state index in [1.807, 2.05) is 0 Å². The molecule has 1 heterocycles. The highest BCUT2D eigenvalue weighted by Crippen LogP contribution is 2.25. The zero-order valence-electron chi connectivity index (χ0n) is 13.9. The van der Waals surface area contributed by atoms with Gasteiger partial charge in [0.05, 0.1) is 11.1 Å². The van der Waals surface area contributed by atoms with Crippen molar-refractivity contribution in [2.75, 3.05) is 0 Å². The Morgan fingerprint density at radius 3 is 2.38 bits per heavy atom. The molecule has 0 bridgehead atoms. The van der Waals surface area contributed by atoms with Crippen LogP contribution in [0.4, 0.5) is 0 Å². The highest BCUT2D eigenvalue weighted by molar-refractivity contribution is 6.02. The maximum Gasteiger partial charge on any atom is 0.335 e. The Morgan fingerprint density at radius 1 is 1.08 bits per heavy atom. The number of amides is 1. The van der Waals surface area contributed by atoms with E-state index in [2.05, 4.69) is 5.32 Å². The number of benzene rings is 2. The van der Waals surface area contributed by atoms with Gasteiger partial charge in [0, 0.05) is 19.0 Å². The first-order chi connectivity index (χ1) is 12.4. The van der Waals surface area contributed by atoms with Gasteiger partial charge in [-0.3, -0.25) is 9.59 Å². The molecular formula is C19H16N2O5. The van der Waals surface area contributed by atoms with Crippen LogP contribution in [0.25, 0.3) is 10.9 Å². The predicted molar refractivity (Wildman–Crippen MR) is 95.4 cm³/mol. The summed E-state index contributed by atoms with van der Waals surface area (Å²) in [6, 6.07) is 12.8. The van der Waals surface area contributed by atoms with Crippen molar-refractivity contribution in [2.24, 2.45) is 7.05 Å². The number of nitrogens with one attached hydrogen (secondary N) is 1. The van der Waals surface area contributed by atoms with Crippen LogP contribution >= 0.6 is 0 Å². The van der Waals surface area contributed by atoms with Gasteiger partial charge in [-0.25, -0.2) is 4.79 Å². The minimum atomic E-state index is -1.04. The number of fused-ring (bicyclic) bond motifs is 1. The first-order valence-electron chi connectivity index (χ1n) is 7.81. The van der Waals surface area contributed by atoms with Gasteiger partial charge >= 0.3 is 5.97 Å². The van der Waals surface area contributed by atoms with Crippen LogP contribution in [0.1, 0.15) is 26.3 Å². The number of carbonyl (C=O) groups is 2. The third-order valence-corrected chi connectivity index (χ3v) is 4.16.